The zero-order valence-electron chi connectivity index (χ0n) is 10.7. The number of halogens is 1. The maximum Gasteiger partial charge on any atom is 0.0772 e. The molecule has 0 saturated carbocycles. The van der Waals surface area contributed by atoms with E-state index in [1.54, 1.807) is 0 Å². The van der Waals surface area contributed by atoms with Crippen molar-refractivity contribution >= 4 is 15.9 Å². The Labute approximate surface area is 112 Å². The van der Waals surface area contributed by atoms with Crippen molar-refractivity contribution < 1.29 is 4.74 Å². The standard InChI is InChI=1S/C14H20BrNO/c1-8-7-12(15)9(2)6-11(8)14(16)13-5-4-10(3)17-13/h6-7,10,13-14H,4-5,16H2,1-3H3. The van der Waals surface area contributed by atoms with Gasteiger partial charge in [-0.15, -0.1) is 0 Å². The summed E-state index contributed by atoms with van der Waals surface area (Å²) in [7, 11) is 0. The van der Waals surface area contributed by atoms with Gasteiger partial charge in [0.05, 0.1) is 18.2 Å². The molecule has 1 heterocycles. The summed E-state index contributed by atoms with van der Waals surface area (Å²) < 4.78 is 7.01. The topological polar surface area (TPSA) is 35.2 Å². The van der Waals surface area contributed by atoms with Gasteiger partial charge >= 0.3 is 0 Å². The van der Waals surface area contributed by atoms with Crippen LogP contribution in [-0.4, -0.2) is 12.2 Å². The van der Waals surface area contributed by atoms with Crippen LogP contribution in [-0.2, 0) is 4.74 Å². The summed E-state index contributed by atoms with van der Waals surface area (Å²) in [4.78, 5) is 0. The first kappa shape index (κ1) is 13.1. The maximum absolute atomic E-state index is 6.34. The summed E-state index contributed by atoms with van der Waals surface area (Å²) in [5.41, 5.74) is 10.0. The van der Waals surface area contributed by atoms with Crippen molar-refractivity contribution in [1.29, 1.82) is 0 Å². The number of hydrogen-bond acceptors (Lipinski definition) is 2. The molecule has 1 aliphatic heterocycles. The normalized spacial score (nSPS) is 26.2. The molecule has 17 heavy (non-hydrogen) atoms. The molecule has 3 atom stereocenters. The van der Waals surface area contributed by atoms with Crippen LogP contribution in [0.4, 0.5) is 0 Å². The van der Waals surface area contributed by atoms with Gasteiger partial charge in [-0.1, -0.05) is 22.0 Å². The molecule has 0 aliphatic carbocycles. The Bertz CT molecular complexity index is 419. The number of hydrogen-bond donors (Lipinski definition) is 1. The van der Waals surface area contributed by atoms with Crippen molar-refractivity contribution in [3.05, 3.63) is 33.3 Å². The number of ether oxygens (including phenoxy) is 1. The first-order chi connectivity index (χ1) is 7.99. The summed E-state index contributed by atoms with van der Waals surface area (Å²) in [5.74, 6) is 0. The molecule has 1 aliphatic rings. The van der Waals surface area contributed by atoms with Gasteiger partial charge < -0.3 is 10.5 Å². The lowest BCUT2D eigenvalue weighted by Crippen LogP contribution is -2.27. The predicted molar refractivity (Wildman–Crippen MR) is 74.1 cm³/mol. The summed E-state index contributed by atoms with van der Waals surface area (Å²) >= 11 is 3.55. The van der Waals surface area contributed by atoms with E-state index in [4.69, 9.17) is 10.5 Å². The van der Waals surface area contributed by atoms with Crippen molar-refractivity contribution in [2.75, 3.05) is 0 Å². The molecule has 1 fully saturated rings. The minimum Gasteiger partial charge on any atom is -0.373 e. The lowest BCUT2D eigenvalue weighted by Gasteiger charge is -2.22. The Morgan fingerprint density at radius 3 is 2.59 bits per heavy atom. The number of benzene rings is 1. The van der Waals surface area contributed by atoms with Gasteiger partial charge in [-0.25, -0.2) is 0 Å². The van der Waals surface area contributed by atoms with E-state index in [1.165, 1.54) is 16.7 Å². The fraction of sp³-hybridized carbons (Fsp3) is 0.571. The number of nitrogens with two attached hydrogens (primary N) is 1. The van der Waals surface area contributed by atoms with Crippen molar-refractivity contribution in [2.24, 2.45) is 5.73 Å². The highest BCUT2D eigenvalue weighted by Crippen LogP contribution is 2.32. The second-order valence-corrected chi connectivity index (χ2v) is 5.90. The van der Waals surface area contributed by atoms with E-state index >= 15 is 0 Å². The summed E-state index contributed by atoms with van der Waals surface area (Å²) in [5, 5.41) is 0. The smallest absolute Gasteiger partial charge is 0.0772 e. The Morgan fingerprint density at radius 2 is 2.00 bits per heavy atom. The van der Waals surface area contributed by atoms with Crippen LogP contribution >= 0.6 is 15.9 Å². The van der Waals surface area contributed by atoms with Gasteiger partial charge in [-0.05, 0) is 56.4 Å². The van der Waals surface area contributed by atoms with E-state index in [2.05, 4.69) is 48.8 Å². The number of aryl methyl sites for hydroxylation is 2. The molecule has 0 aromatic heterocycles. The van der Waals surface area contributed by atoms with Crippen molar-refractivity contribution in [2.45, 2.75) is 51.9 Å². The quantitative estimate of drug-likeness (QED) is 0.905. The molecule has 94 valence electrons. The first-order valence-corrected chi connectivity index (χ1v) is 6.96. The lowest BCUT2D eigenvalue weighted by atomic mass is 9.94. The highest BCUT2D eigenvalue weighted by molar-refractivity contribution is 9.10. The Hall–Kier alpha value is -0.380. The van der Waals surface area contributed by atoms with E-state index in [9.17, 15) is 0 Å². The Balaban J connectivity index is 2.24. The second kappa shape index (κ2) is 5.09. The average Bonchev–Trinajstić information content (AvgIpc) is 2.69. The van der Waals surface area contributed by atoms with Crippen molar-refractivity contribution in [3.8, 4) is 0 Å². The largest absolute Gasteiger partial charge is 0.373 e. The zero-order chi connectivity index (χ0) is 12.6. The SMILES string of the molecule is Cc1cc(C(N)C2CCC(C)O2)c(C)cc1Br. The summed E-state index contributed by atoms with van der Waals surface area (Å²) in [6.07, 6.45) is 2.70. The molecule has 2 rings (SSSR count). The molecular formula is C14H20BrNO. The third kappa shape index (κ3) is 2.72. The van der Waals surface area contributed by atoms with Crippen LogP contribution in [0.2, 0.25) is 0 Å². The van der Waals surface area contributed by atoms with E-state index in [-0.39, 0.29) is 12.1 Å². The molecule has 2 N–H and O–H groups in total. The van der Waals surface area contributed by atoms with Gasteiger partial charge in [0, 0.05) is 4.47 Å². The van der Waals surface area contributed by atoms with Crippen molar-refractivity contribution in [1.82, 2.24) is 0 Å². The van der Waals surface area contributed by atoms with E-state index in [1.807, 2.05) is 0 Å². The molecular weight excluding hydrogens is 278 g/mol. The van der Waals surface area contributed by atoms with Gasteiger partial charge in [0.25, 0.3) is 0 Å². The van der Waals surface area contributed by atoms with Crippen LogP contribution in [0.25, 0.3) is 0 Å². The minimum atomic E-state index is -0.00764. The molecule has 0 bridgehead atoms. The summed E-state index contributed by atoms with van der Waals surface area (Å²) in [6, 6.07) is 4.31. The van der Waals surface area contributed by atoms with Gasteiger partial charge in [0.1, 0.15) is 0 Å². The van der Waals surface area contributed by atoms with Gasteiger partial charge in [-0.3, -0.25) is 0 Å². The summed E-state index contributed by atoms with van der Waals surface area (Å²) in [6.45, 7) is 6.32. The zero-order valence-corrected chi connectivity index (χ0v) is 12.3. The van der Waals surface area contributed by atoms with E-state index in [0.717, 1.165) is 17.3 Å². The molecule has 3 unspecified atom stereocenters. The monoisotopic (exact) mass is 297 g/mol. The van der Waals surface area contributed by atoms with Crippen LogP contribution < -0.4 is 5.73 Å². The van der Waals surface area contributed by atoms with Crippen LogP contribution in [0.3, 0.4) is 0 Å². The van der Waals surface area contributed by atoms with Crippen LogP contribution in [0.5, 0.6) is 0 Å². The molecule has 1 aromatic carbocycles. The van der Waals surface area contributed by atoms with Gasteiger partial charge in [0.2, 0.25) is 0 Å². The molecule has 3 heteroatoms. The third-order valence-corrected chi connectivity index (χ3v) is 4.43. The maximum atomic E-state index is 6.34. The van der Waals surface area contributed by atoms with Crippen LogP contribution in [0, 0.1) is 13.8 Å². The van der Waals surface area contributed by atoms with Gasteiger partial charge in [-0.2, -0.15) is 0 Å². The highest BCUT2D eigenvalue weighted by atomic mass is 79.9. The average molecular weight is 298 g/mol. The molecule has 0 amide bonds. The Morgan fingerprint density at radius 1 is 1.29 bits per heavy atom. The highest BCUT2D eigenvalue weighted by Gasteiger charge is 2.29. The van der Waals surface area contributed by atoms with Crippen molar-refractivity contribution in [3.63, 3.8) is 0 Å². The van der Waals surface area contributed by atoms with E-state index in [0.29, 0.717) is 6.10 Å². The molecule has 0 spiro atoms. The molecule has 1 aromatic rings. The second-order valence-electron chi connectivity index (χ2n) is 5.05. The van der Waals surface area contributed by atoms with Crippen LogP contribution in [0.15, 0.2) is 16.6 Å². The molecule has 1 saturated heterocycles. The predicted octanol–water partition coefficient (Wildman–Crippen LogP) is 3.63. The van der Waals surface area contributed by atoms with E-state index < -0.39 is 0 Å². The van der Waals surface area contributed by atoms with Crippen LogP contribution in [0.1, 0.15) is 42.5 Å². The molecule has 0 radical (unpaired) electrons. The lowest BCUT2D eigenvalue weighted by molar-refractivity contribution is 0.0400. The van der Waals surface area contributed by atoms with Gasteiger partial charge in [0.15, 0.2) is 0 Å². The number of rotatable bonds is 2. The third-order valence-electron chi connectivity index (χ3n) is 3.57. The minimum absolute atomic E-state index is 0.00764. The Kier molecular flexibility index (Phi) is 3.91. The first-order valence-electron chi connectivity index (χ1n) is 6.16. The fourth-order valence-corrected chi connectivity index (χ4v) is 2.92. The molecule has 2 nitrogen and oxygen atoms in total. The fourth-order valence-electron chi connectivity index (χ4n) is 2.46.